The van der Waals surface area contributed by atoms with Crippen LogP contribution in [-0.2, 0) is 14.3 Å². The monoisotopic (exact) mass is 282 g/mol. The summed E-state index contributed by atoms with van der Waals surface area (Å²) in [4.78, 5) is 32.3. The zero-order valence-corrected chi connectivity index (χ0v) is 10.4. The molecule has 0 aliphatic heterocycles. The standard InChI is InChI=1S/C12H14N2O6/c15-5-8(11(17)18)6-20-12(19)14-10-3-1-2-9(4-10)13-7-16/h1-4,7-8,15H,5-6H2,(H,13,16)(H,14,19)(H,17,18). The van der Waals surface area contributed by atoms with Crippen LogP contribution in [0.4, 0.5) is 16.2 Å². The molecule has 1 aromatic carbocycles. The predicted molar refractivity (Wildman–Crippen MR) is 69.3 cm³/mol. The van der Waals surface area contributed by atoms with E-state index in [1.807, 2.05) is 0 Å². The number of carboxylic acid groups (broad SMARTS) is 1. The maximum atomic E-state index is 11.4. The van der Waals surface area contributed by atoms with Crippen LogP contribution in [0.5, 0.6) is 0 Å². The smallest absolute Gasteiger partial charge is 0.411 e. The minimum Gasteiger partial charge on any atom is -0.481 e. The summed E-state index contributed by atoms with van der Waals surface area (Å²) in [5.74, 6) is -2.42. The first kappa shape index (κ1) is 15.4. The van der Waals surface area contributed by atoms with E-state index in [1.165, 1.54) is 6.07 Å². The maximum Gasteiger partial charge on any atom is 0.411 e. The molecule has 108 valence electrons. The first-order valence-electron chi connectivity index (χ1n) is 5.64. The predicted octanol–water partition coefficient (Wildman–Crippen LogP) is 0.496. The Kier molecular flexibility index (Phi) is 5.98. The van der Waals surface area contributed by atoms with Gasteiger partial charge in [-0.05, 0) is 18.2 Å². The van der Waals surface area contributed by atoms with Crippen LogP contribution >= 0.6 is 0 Å². The number of carbonyl (C=O) groups excluding carboxylic acids is 2. The lowest BCUT2D eigenvalue weighted by atomic mass is 10.2. The van der Waals surface area contributed by atoms with Crippen molar-refractivity contribution >= 4 is 29.8 Å². The molecule has 0 heterocycles. The number of hydrogen-bond acceptors (Lipinski definition) is 5. The van der Waals surface area contributed by atoms with E-state index in [9.17, 15) is 14.4 Å². The van der Waals surface area contributed by atoms with Crippen molar-refractivity contribution in [2.24, 2.45) is 5.92 Å². The lowest BCUT2D eigenvalue weighted by Gasteiger charge is -2.11. The summed E-state index contributed by atoms with van der Waals surface area (Å²) in [5.41, 5.74) is 0.856. The van der Waals surface area contributed by atoms with Gasteiger partial charge in [-0.2, -0.15) is 0 Å². The summed E-state index contributed by atoms with van der Waals surface area (Å²) in [6, 6.07) is 6.29. The van der Waals surface area contributed by atoms with Gasteiger partial charge in [0.05, 0.1) is 6.61 Å². The minimum absolute atomic E-state index is 0.373. The molecule has 0 fully saturated rings. The van der Waals surface area contributed by atoms with Gasteiger partial charge in [-0.25, -0.2) is 4.79 Å². The first-order valence-corrected chi connectivity index (χ1v) is 5.64. The second-order valence-electron chi connectivity index (χ2n) is 3.78. The fraction of sp³-hybridized carbons (Fsp3) is 0.250. The van der Waals surface area contributed by atoms with Crippen molar-refractivity contribution in [2.45, 2.75) is 0 Å². The molecule has 1 atom stereocenters. The van der Waals surface area contributed by atoms with E-state index in [0.717, 1.165) is 0 Å². The molecule has 1 rings (SSSR count). The van der Waals surface area contributed by atoms with Crippen molar-refractivity contribution in [1.82, 2.24) is 0 Å². The largest absolute Gasteiger partial charge is 0.481 e. The van der Waals surface area contributed by atoms with Crippen LogP contribution in [0.3, 0.4) is 0 Å². The molecule has 0 aliphatic rings. The average molecular weight is 282 g/mol. The summed E-state index contributed by atoms with van der Waals surface area (Å²) in [6.07, 6.45) is -0.358. The van der Waals surface area contributed by atoms with Crippen LogP contribution in [0.2, 0.25) is 0 Å². The van der Waals surface area contributed by atoms with Gasteiger partial charge in [0.1, 0.15) is 12.5 Å². The number of rotatable bonds is 7. The number of anilines is 2. The molecule has 0 aromatic heterocycles. The normalized spacial score (nSPS) is 11.2. The number of aliphatic carboxylic acids is 1. The molecular formula is C12H14N2O6. The topological polar surface area (TPSA) is 125 Å². The van der Waals surface area contributed by atoms with Crippen molar-refractivity contribution in [3.05, 3.63) is 24.3 Å². The van der Waals surface area contributed by atoms with Crippen molar-refractivity contribution in [1.29, 1.82) is 0 Å². The van der Waals surface area contributed by atoms with E-state index in [1.54, 1.807) is 18.2 Å². The van der Waals surface area contributed by atoms with Crippen molar-refractivity contribution < 1.29 is 29.3 Å². The van der Waals surface area contributed by atoms with E-state index >= 15 is 0 Å². The average Bonchev–Trinajstić information content (AvgIpc) is 2.39. The highest BCUT2D eigenvalue weighted by Crippen LogP contribution is 2.14. The second kappa shape index (κ2) is 7.74. The zero-order chi connectivity index (χ0) is 15.0. The Labute approximate surface area is 114 Å². The highest BCUT2D eigenvalue weighted by molar-refractivity contribution is 5.86. The van der Waals surface area contributed by atoms with Crippen LogP contribution in [-0.4, -0.2) is 41.9 Å². The molecule has 0 saturated heterocycles. The van der Waals surface area contributed by atoms with Gasteiger partial charge in [0, 0.05) is 11.4 Å². The van der Waals surface area contributed by atoms with E-state index in [-0.39, 0.29) is 0 Å². The van der Waals surface area contributed by atoms with Crippen LogP contribution in [0.1, 0.15) is 0 Å². The van der Waals surface area contributed by atoms with E-state index in [4.69, 9.17) is 10.2 Å². The van der Waals surface area contributed by atoms with Gasteiger partial charge in [-0.15, -0.1) is 0 Å². The Morgan fingerprint density at radius 3 is 2.65 bits per heavy atom. The Balaban J connectivity index is 2.51. The van der Waals surface area contributed by atoms with E-state index in [0.29, 0.717) is 17.8 Å². The Morgan fingerprint density at radius 1 is 1.35 bits per heavy atom. The van der Waals surface area contributed by atoms with E-state index in [2.05, 4.69) is 15.4 Å². The molecule has 8 heteroatoms. The van der Waals surface area contributed by atoms with Crippen LogP contribution in [0.15, 0.2) is 24.3 Å². The van der Waals surface area contributed by atoms with Crippen LogP contribution in [0.25, 0.3) is 0 Å². The fourth-order valence-corrected chi connectivity index (χ4v) is 1.29. The number of benzene rings is 1. The summed E-state index contributed by atoms with van der Waals surface area (Å²) in [7, 11) is 0. The zero-order valence-electron chi connectivity index (χ0n) is 10.4. The van der Waals surface area contributed by atoms with Gasteiger partial charge in [0.25, 0.3) is 0 Å². The second-order valence-corrected chi connectivity index (χ2v) is 3.78. The Morgan fingerprint density at radius 2 is 2.05 bits per heavy atom. The Bertz CT molecular complexity index is 491. The molecule has 2 amide bonds. The van der Waals surface area contributed by atoms with Gasteiger partial charge in [-0.1, -0.05) is 6.07 Å². The number of hydrogen-bond donors (Lipinski definition) is 4. The summed E-state index contributed by atoms with van der Waals surface area (Å²) < 4.78 is 4.68. The molecule has 8 nitrogen and oxygen atoms in total. The molecule has 0 spiro atoms. The van der Waals surface area contributed by atoms with Gasteiger partial charge >= 0.3 is 12.1 Å². The van der Waals surface area contributed by atoms with E-state index < -0.39 is 31.2 Å². The van der Waals surface area contributed by atoms with Gasteiger partial charge in [-0.3, -0.25) is 14.9 Å². The van der Waals surface area contributed by atoms with Crippen LogP contribution in [0, 0.1) is 5.92 Å². The third-order valence-corrected chi connectivity index (χ3v) is 2.32. The molecule has 1 aromatic rings. The number of ether oxygens (including phenoxy) is 1. The summed E-state index contributed by atoms with van der Waals surface area (Å²) in [5, 5.41) is 22.2. The highest BCUT2D eigenvalue weighted by Gasteiger charge is 2.18. The quantitative estimate of drug-likeness (QED) is 0.539. The van der Waals surface area contributed by atoms with Gasteiger partial charge < -0.3 is 20.3 Å². The fourth-order valence-electron chi connectivity index (χ4n) is 1.29. The van der Waals surface area contributed by atoms with Crippen LogP contribution < -0.4 is 10.6 Å². The number of amides is 2. The number of carboxylic acids is 1. The Hall–Kier alpha value is -2.61. The molecule has 4 N–H and O–H groups in total. The summed E-state index contributed by atoms with van der Waals surface area (Å²) in [6.45, 7) is -1.06. The van der Waals surface area contributed by atoms with Gasteiger partial charge in [0.2, 0.25) is 6.41 Å². The van der Waals surface area contributed by atoms with Crippen molar-refractivity contribution in [3.63, 3.8) is 0 Å². The molecule has 0 bridgehead atoms. The van der Waals surface area contributed by atoms with Crippen molar-refractivity contribution in [3.8, 4) is 0 Å². The highest BCUT2D eigenvalue weighted by atomic mass is 16.5. The first-order chi connectivity index (χ1) is 9.56. The number of aliphatic hydroxyl groups excluding tert-OH is 1. The third-order valence-electron chi connectivity index (χ3n) is 2.32. The number of aliphatic hydroxyl groups is 1. The maximum absolute atomic E-state index is 11.4. The number of carbonyl (C=O) groups is 3. The van der Waals surface area contributed by atoms with Gasteiger partial charge in [0.15, 0.2) is 0 Å². The molecular weight excluding hydrogens is 268 g/mol. The molecule has 0 saturated carbocycles. The molecule has 20 heavy (non-hydrogen) atoms. The molecule has 1 unspecified atom stereocenters. The molecule has 0 radical (unpaired) electrons. The third kappa shape index (κ3) is 4.94. The molecule has 0 aliphatic carbocycles. The lowest BCUT2D eigenvalue weighted by molar-refractivity contribution is -0.144. The number of nitrogens with one attached hydrogen (secondary N) is 2. The van der Waals surface area contributed by atoms with Crippen molar-refractivity contribution in [2.75, 3.05) is 23.8 Å². The SMILES string of the molecule is O=CNc1cccc(NC(=O)OCC(CO)C(=O)O)c1. The summed E-state index contributed by atoms with van der Waals surface area (Å²) >= 11 is 0. The minimum atomic E-state index is -1.25. The lowest BCUT2D eigenvalue weighted by Crippen LogP contribution is -2.26.